The van der Waals surface area contributed by atoms with E-state index in [9.17, 15) is 14.7 Å². The highest BCUT2D eigenvalue weighted by Gasteiger charge is 2.45. The van der Waals surface area contributed by atoms with Gasteiger partial charge in [0.05, 0.1) is 5.41 Å². The molecule has 1 aromatic rings. The van der Waals surface area contributed by atoms with Crippen molar-refractivity contribution in [3.8, 4) is 0 Å². The van der Waals surface area contributed by atoms with Crippen LogP contribution in [0.15, 0.2) is 12.3 Å². The molecule has 1 N–H and O–H groups in total. The molecule has 1 aliphatic heterocycles. The summed E-state index contributed by atoms with van der Waals surface area (Å²) in [6.07, 6.45) is 2.62. The Bertz CT molecular complexity index is 483. The van der Waals surface area contributed by atoms with Gasteiger partial charge in [0.2, 0.25) is 0 Å². The first kappa shape index (κ1) is 12.6. The molecule has 18 heavy (non-hydrogen) atoms. The molecule has 1 atom stereocenters. The molecule has 1 fully saturated rings. The zero-order chi connectivity index (χ0) is 13.3. The number of aromatic nitrogens is 2. The molecule has 2 heterocycles. The van der Waals surface area contributed by atoms with E-state index in [2.05, 4.69) is 5.10 Å². The molecule has 0 saturated carbocycles. The molecule has 2 rings (SSSR count). The molecule has 1 saturated heterocycles. The van der Waals surface area contributed by atoms with Gasteiger partial charge in [-0.05, 0) is 18.9 Å². The molecule has 0 aromatic carbocycles. The van der Waals surface area contributed by atoms with Gasteiger partial charge in [-0.2, -0.15) is 5.10 Å². The predicted molar refractivity (Wildman–Crippen MR) is 64.1 cm³/mol. The molecule has 6 nitrogen and oxygen atoms in total. The lowest BCUT2D eigenvalue weighted by atomic mass is 9.84. The minimum Gasteiger partial charge on any atom is -0.481 e. The van der Waals surface area contributed by atoms with Gasteiger partial charge in [0.25, 0.3) is 5.91 Å². The minimum atomic E-state index is -0.815. The van der Waals surface area contributed by atoms with Crippen molar-refractivity contribution in [2.75, 3.05) is 13.1 Å². The summed E-state index contributed by atoms with van der Waals surface area (Å²) in [7, 11) is 1.70. The SMILES string of the molecule is CCC1(C(=O)O)CCN(C(=O)c2ccnn2C)C1. The summed E-state index contributed by atoms with van der Waals surface area (Å²) in [5.41, 5.74) is -0.291. The first-order valence-corrected chi connectivity index (χ1v) is 6.01. The number of carbonyl (C=O) groups is 2. The number of rotatable bonds is 3. The van der Waals surface area contributed by atoms with Crippen molar-refractivity contribution >= 4 is 11.9 Å². The fourth-order valence-corrected chi connectivity index (χ4v) is 2.41. The van der Waals surface area contributed by atoms with Crippen LogP contribution in [-0.2, 0) is 11.8 Å². The summed E-state index contributed by atoms with van der Waals surface area (Å²) in [6, 6.07) is 1.65. The Labute approximate surface area is 105 Å². The van der Waals surface area contributed by atoms with Crippen LogP contribution in [0.1, 0.15) is 30.3 Å². The maximum atomic E-state index is 12.2. The van der Waals surface area contributed by atoms with Gasteiger partial charge in [-0.3, -0.25) is 14.3 Å². The summed E-state index contributed by atoms with van der Waals surface area (Å²) in [6.45, 7) is 2.62. The average molecular weight is 251 g/mol. The maximum absolute atomic E-state index is 12.2. The van der Waals surface area contributed by atoms with Crippen molar-refractivity contribution < 1.29 is 14.7 Å². The van der Waals surface area contributed by atoms with E-state index in [1.54, 1.807) is 24.2 Å². The van der Waals surface area contributed by atoms with Crippen LogP contribution >= 0.6 is 0 Å². The molecule has 1 aliphatic rings. The Morgan fingerprint density at radius 3 is 2.72 bits per heavy atom. The van der Waals surface area contributed by atoms with Crippen LogP contribution in [0.4, 0.5) is 0 Å². The normalized spacial score (nSPS) is 23.3. The lowest BCUT2D eigenvalue weighted by Gasteiger charge is -2.23. The van der Waals surface area contributed by atoms with E-state index in [4.69, 9.17) is 0 Å². The molecular formula is C12H17N3O3. The number of aliphatic carboxylic acids is 1. The van der Waals surface area contributed by atoms with Crippen LogP contribution in [-0.4, -0.2) is 44.8 Å². The molecule has 0 radical (unpaired) electrons. The zero-order valence-corrected chi connectivity index (χ0v) is 10.6. The number of carbonyl (C=O) groups excluding carboxylic acids is 1. The van der Waals surface area contributed by atoms with Crippen molar-refractivity contribution in [3.05, 3.63) is 18.0 Å². The first-order valence-electron chi connectivity index (χ1n) is 6.01. The quantitative estimate of drug-likeness (QED) is 0.860. The van der Waals surface area contributed by atoms with Gasteiger partial charge in [-0.15, -0.1) is 0 Å². The highest BCUT2D eigenvalue weighted by atomic mass is 16.4. The Morgan fingerprint density at radius 1 is 1.56 bits per heavy atom. The summed E-state index contributed by atoms with van der Waals surface area (Å²) >= 11 is 0. The van der Waals surface area contributed by atoms with Gasteiger partial charge in [0.15, 0.2) is 0 Å². The molecular weight excluding hydrogens is 234 g/mol. The van der Waals surface area contributed by atoms with Gasteiger partial charge < -0.3 is 10.0 Å². The third-order valence-electron chi connectivity index (χ3n) is 3.81. The largest absolute Gasteiger partial charge is 0.481 e. The molecule has 1 amide bonds. The second-order valence-electron chi connectivity index (χ2n) is 4.76. The number of likely N-dealkylation sites (tertiary alicyclic amines) is 1. The van der Waals surface area contributed by atoms with E-state index in [0.29, 0.717) is 25.1 Å². The lowest BCUT2D eigenvalue weighted by Crippen LogP contribution is -2.37. The number of carboxylic acid groups (broad SMARTS) is 1. The topological polar surface area (TPSA) is 75.4 Å². The number of hydrogen-bond donors (Lipinski definition) is 1. The number of nitrogens with zero attached hydrogens (tertiary/aromatic N) is 3. The molecule has 1 unspecified atom stereocenters. The van der Waals surface area contributed by atoms with Crippen LogP contribution in [0.3, 0.4) is 0 Å². The maximum Gasteiger partial charge on any atom is 0.311 e. The zero-order valence-electron chi connectivity index (χ0n) is 10.6. The summed E-state index contributed by atoms with van der Waals surface area (Å²) in [5.74, 6) is -0.961. The fourth-order valence-electron chi connectivity index (χ4n) is 2.41. The van der Waals surface area contributed by atoms with Gasteiger partial charge in [0, 0.05) is 26.3 Å². The van der Waals surface area contributed by atoms with Crippen LogP contribution in [0.5, 0.6) is 0 Å². The molecule has 0 bridgehead atoms. The van der Waals surface area contributed by atoms with Gasteiger partial charge in [-0.1, -0.05) is 6.92 Å². The second-order valence-corrected chi connectivity index (χ2v) is 4.76. The van der Waals surface area contributed by atoms with E-state index in [1.807, 2.05) is 6.92 Å². The van der Waals surface area contributed by atoms with Gasteiger partial charge in [0.1, 0.15) is 5.69 Å². The van der Waals surface area contributed by atoms with E-state index in [-0.39, 0.29) is 12.5 Å². The second kappa shape index (κ2) is 4.44. The van der Waals surface area contributed by atoms with Crippen molar-refractivity contribution in [1.29, 1.82) is 0 Å². The average Bonchev–Trinajstić information content (AvgIpc) is 2.95. The third kappa shape index (κ3) is 1.87. The standard InChI is InChI=1S/C12H17N3O3/c1-3-12(11(17)18)5-7-15(8-12)10(16)9-4-6-13-14(9)2/h4,6H,3,5,7-8H2,1-2H3,(H,17,18). The molecule has 0 spiro atoms. The highest BCUT2D eigenvalue weighted by molar-refractivity contribution is 5.93. The van der Waals surface area contributed by atoms with Crippen molar-refractivity contribution in [1.82, 2.24) is 14.7 Å². The van der Waals surface area contributed by atoms with Gasteiger partial charge >= 0.3 is 5.97 Å². The van der Waals surface area contributed by atoms with Crippen molar-refractivity contribution in [2.24, 2.45) is 12.5 Å². The smallest absolute Gasteiger partial charge is 0.311 e. The Morgan fingerprint density at radius 2 is 2.28 bits per heavy atom. The summed E-state index contributed by atoms with van der Waals surface area (Å²) < 4.78 is 1.51. The van der Waals surface area contributed by atoms with E-state index < -0.39 is 11.4 Å². The van der Waals surface area contributed by atoms with Crippen LogP contribution < -0.4 is 0 Å². The summed E-state index contributed by atoms with van der Waals surface area (Å²) in [4.78, 5) is 25.2. The minimum absolute atomic E-state index is 0.147. The van der Waals surface area contributed by atoms with Crippen molar-refractivity contribution in [3.63, 3.8) is 0 Å². The van der Waals surface area contributed by atoms with Crippen LogP contribution in [0.25, 0.3) is 0 Å². The fraction of sp³-hybridized carbons (Fsp3) is 0.583. The van der Waals surface area contributed by atoms with Gasteiger partial charge in [-0.25, -0.2) is 0 Å². The molecule has 98 valence electrons. The number of hydrogen-bond acceptors (Lipinski definition) is 3. The Kier molecular flexibility index (Phi) is 3.11. The van der Waals surface area contributed by atoms with E-state index in [0.717, 1.165) is 0 Å². The molecule has 1 aromatic heterocycles. The number of amides is 1. The molecule has 6 heteroatoms. The van der Waals surface area contributed by atoms with E-state index in [1.165, 1.54) is 4.68 Å². The summed E-state index contributed by atoms with van der Waals surface area (Å²) in [5, 5.41) is 13.2. The first-order chi connectivity index (χ1) is 8.50. The van der Waals surface area contributed by atoms with E-state index >= 15 is 0 Å². The lowest BCUT2D eigenvalue weighted by molar-refractivity contribution is -0.148. The number of carboxylic acids is 1. The highest BCUT2D eigenvalue weighted by Crippen LogP contribution is 2.34. The van der Waals surface area contributed by atoms with Crippen LogP contribution in [0.2, 0.25) is 0 Å². The van der Waals surface area contributed by atoms with Crippen molar-refractivity contribution in [2.45, 2.75) is 19.8 Å². The number of aryl methyl sites for hydroxylation is 1. The van der Waals surface area contributed by atoms with Crippen LogP contribution in [0, 0.1) is 5.41 Å². The Hall–Kier alpha value is -1.85. The molecule has 0 aliphatic carbocycles. The monoisotopic (exact) mass is 251 g/mol. The third-order valence-corrected chi connectivity index (χ3v) is 3.81. The predicted octanol–water partition coefficient (Wildman–Crippen LogP) is 0.747. The Balaban J connectivity index is 2.17.